The van der Waals surface area contributed by atoms with Gasteiger partial charge in [-0.3, -0.25) is 4.99 Å². The molecule has 0 N–H and O–H groups in total. The Kier molecular flexibility index (Phi) is 4.30. The first-order valence-electron chi connectivity index (χ1n) is 7.78. The van der Waals surface area contributed by atoms with E-state index in [0.29, 0.717) is 0 Å². The zero-order chi connectivity index (χ0) is 14.5. The lowest BCUT2D eigenvalue weighted by atomic mass is 9.97. The number of aliphatic imine (C=N–C) groups is 1. The van der Waals surface area contributed by atoms with E-state index in [1.54, 1.807) is 0 Å². The minimum Gasteiger partial charge on any atom is -0.293 e. The summed E-state index contributed by atoms with van der Waals surface area (Å²) >= 11 is 0. The first-order valence-corrected chi connectivity index (χ1v) is 7.78. The van der Waals surface area contributed by atoms with Gasteiger partial charge in [-0.2, -0.15) is 0 Å². The molecule has 106 valence electrons. The van der Waals surface area contributed by atoms with Crippen LogP contribution in [0.1, 0.15) is 31.7 Å². The molecule has 3 aromatic carbocycles. The molecule has 0 fully saturated rings. The molecule has 0 atom stereocenters. The number of hydrogen-bond acceptors (Lipinski definition) is 1. The topological polar surface area (TPSA) is 12.4 Å². The van der Waals surface area contributed by atoms with Crippen molar-refractivity contribution in [3.8, 4) is 0 Å². The zero-order valence-electron chi connectivity index (χ0n) is 12.5. The van der Waals surface area contributed by atoms with Gasteiger partial charge in [0.2, 0.25) is 0 Å². The van der Waals surface area contributed by atoms with Gasteiger partial charge in [-0.25, -0.2) is 0 Å². The molecule has 0 aliphatic rings. The highest BCUT2D eigenvalue weighted by Gasteiger charge is 2.06. The third-order valence-corrected chi connectivity index (χ3v) is 3.95. The lowest BCUT2D eigenvalue weighted by Gasteiger charge is -2.09. The third kappa shape index (κ3) is 2.97. The molecule has 0 aromatic heterocycles. The van der Waals surface area contributed by atoms with Crippen LogP contribution < -0.4 is 0 Å². The van der Waals surface area contributed by atoms with Crippen LogP contribution in [-0.4, -0.2) is 6.21 Å². The van der Waals surface area contributed by atoms with Crippen LogP contribution in [0, 0.1) is 0 Å². The van der Waals surface area contributed by atoms with Gasteiger partial charge in [0.15, 0.2) is 0 Å². The number of hydrogen-bond donors (Lipinski definition) is 0. The predicted octanol–water partition coefficient (Wildman–Crippen LogP) is 5.75. The Hall–Kier alpha value is -2.15. The first-order chi connectivity index (χ1) is 10.4. The van der Waals surface area contributed by atoms with Crippen LogP contribution in [-0.2, 0) is 6.54 Å². The van der Waals surface area contributed by atoms with E-state index in [1.165, 1.54) is 39.9 Å². The SMILES string of the molecule is CCCCC=NCc1c2ccccc2cc2ccccc12. The van der Waals surface area contributed by atoms with Crippen molar-refractivity contribution in [1.82, 2.24) is 0 Å². The van der Waals surface area contributed by atoms with Gasteiger partial charge in [-0.05, 0) is 52.2 Å². The molecule has 0 spiro atoms. The molecule has 0 amide bonds. The normalized spacial score (nSPS) is 11.7. The van der Waals surface area contributed by atoms with Gasteiger partial charge >= 0.3 is 0 Å². The summed E-state index contributed by atoms with van der Waals surface area (Å²) in [5.74, 6) is 0. The van der Waals surface area contributed by atoms with E-state index in [-0.39, 0.29) is 0 Å². The lowest BCUT2D eigenvalue weighted by molar-refractivity contribution is 0.839. The highest BCUT2D eigenvalue weighted by Crippen LogP contribution is 2.28. The molecule has 0 unspecified atom stereocenters. The largest absolute Gasteiger partial charge is 0.293 e. The van der Waals surface area contributed by atoms with Crippen molar-refractivity contribution in [2.45, 2.75) is 32.7 Å². The Morgan fingerprint density at radius 1 is 0.905 bits per heavy atom. The highest BCUT2D eigenvalue weighted by atomic mass is 14.7. The van der Waals surface area contributed by atoms with Crippen LogP contribution in [0.25, 0.3) is 21.5 Å². The van der Waals surface area contributed by atoms with E-state index in [9.17, 15) is 0 Å². The fraction of sp³-hybridized carbons (Fsp3) is 0.250. The van der Waals surface area contributed by atoms with Crippen LogP contribution in [0.5, 0.6) is 0 Å². The summed E-state index contributed by atoms with van der Waals surface area (Å²) in [5, 5.41) is 5.25. The number of unbranched alkanes of at least 4 members (excludes halogenated alkanes) is 2. The number of nitrogens with zero attached hydrogens (tertiary/aromatic N) is 1. The van der Waals surface area contributed by atoms with Crippen molar-refractivity contribution in [3.05, 3.63) is 60.2 Å². The summed E-state index contributed by atoms with van der Waals surface area (Å²) < 4.78 is 0. The standard InChI is InChI=1S/C20H21N/c1-2-3-8-13-21-15-20-18-11-6-4-9-16(18)14-17-10-5-7-12-19(17)20/h4-7,9-14H,2-3,8,15H2,1H3. The summed E-state index contributed by atoms with van der Waals surface area (Å²) in [7, 11) is 0. The Morgan fingerprint density at radius 3 is 2.14 bits per heavy atom. The number of benzene rings is 3. The molecule has 1 nitrogen and oxygen atoms in total. The molecule has 0 aliphatic heterocycles. The van der Waals surface area contributed by atoms with Crippen molar-refractivity contribution in [1.29, 1.82) is 0 Å². The van der Waals surface area contributed by atoms with Gasteiger partial charge in [0.1, 0.15) is 0 Å². The van der Waals surface area contributed by atoms with Crippen molar-refractivity contribution < 1.29 is 0 Å². The molecule has 3 rings (SSSR count). The predicted molar refractivity (Wildman–Crippen MR) is 93.2 cm³/mol. The fourth-order valence-corrected chi connectivity index (χ4v) is 2.82. The van der Waals surface area contributed by atoms with Crippen molar-refractivity contribution in [3.63, 3.8) is 0 Å². The number of fused-ring (bicyclic) bond motifs is 2. The van der Waals surface area contributed by atoms with E-state index in [0.717, 1.165) is 13.0 Å². The molecule has 21 heavy (non-hydrogen) atoms. The molecule has 3 aromatic rings. The van der Waals surface area contributed by atoms with Gasteiger partial charge in [-0.1, -0.05) is 61.9 Å². The molecule has 1 heteroatoms. The molecular weight excluding hydrogens is 254 g/mol. The van der Waals surface area contributed by atoms with Crippen molar-refractivity contribution >= 4 is 27.8 Å². The molecule has 0 aliphatic carbocycles. The van der Waals surface area contributed by atoms with Crippen LogP contribution in [0.4, 0.5) is 0 Å². The maximum absolute atomic E-state index is 4.65. The summed E-state index contributed by atoms with van der Waals surface area (Å²) in [6.45, 7) is 2.98. The van der Waals surface area contributed by atoms with E-state index >= 15 is 0 Å². The Labute approximate surface area is 126 Å². The molecule has 0 heterocycles. The van der Waals surface area contributed by atoms with Crippen molar-refractivity contribution in [2.24, 2.45) is 4.99 Å². The smallest absolute Gasteiger partial charge is 0.0647 e. The minimum absolute atomic E-state index is 0.769. The second kappa shape index (κ2) is 6.53. The van der Waals surface area contributed by atoms with Gasteiger partial charge < -0.3 is 0 Å². The monoisotopic (exact) mass is 275 g/mol. The van der Waals surface area contributed by atoms with Gasteiger partial charge in [0, 0.05) is 0 Å². The molecule has 0 bridgehead atoms. The summed E-state index contributed by atoms with van der Waals surface area (Å²) in [6.07, 6.45) is 5.61. The van der Waals surface area contributed by atoms with E-state index in [4.69, 9.17) is 0 Å². The third-order valence-electron chi connectivity index (χ3n) is 3.95. The summed E-state index contributed by atoms with van der Waals surface area (Å²) in [6, 6.07) is 19.5. The maximum atomic E-state index is 4.65. The van der Waals surface area contributed by atoms with Gasteiger partial charge in [0.05, 0.1) is 6.54 Å². The lowest BCUT2D eigenvalue weighted by Crippen LogP contribution is -1.89. The van der Waals surface area contributed by atoms with Gasteiger partial charge in [0.25, 0.3) is 0 Å². The zero-order valence-corrected chi connectivity index (χ0v) is 12.5. The van der Waals surface area contributed by atoms with Crippen LogP contribution in [0.2, 0.25) is 0 Å². The van der Waals surface area contributed by atoms with E-state index in [1.807, 2.05) is 0 Å². The molecule has 0 radical (unpaired) electrons. The minimum atomic E-state index is 0.769. The molecule has 0 saturated heterocycles. The Balaban J connectivity index is 2.05. The quantitative estimate of drug-likeness (QED) is 0.319. The van der Waals surface area contributed by atoms with Crippen LogP contribution in [0.3, 0.4) is 0 Å². The number of rotatable bonds is 5. The summed E-state index contributed by atoms with van der Waals surface area (Å²) in [5.41, 5.74) is 1.34. The average Bonchev–Trinajstić information content (AvgIpc) is 2.53. The Morgan fingerprint density at radius 2 is 1.52 bits per heavy atom. The molecule has 0 saturated carbocycles. The maximum Gasteiger partial charge on any atom is 0.0647 e. The van der Waals surface area contributed by atoms with Gasteiger partial charge in [-0.15, -0.1) is 0 Å². The van der Waals surface area contributed by atoms with E-state index < -0.39 is 0 Å². The molecular formula is C20H21N. The first kappa shape index (κ1) is 13.8. The fourth-order valence-electron chi connectivity index (χ4n) is 2.82. The second-order valence-electron chi connectivity index (χ2n) is 5.46. The highest BCUT2D eigenvalue weighted by molar-refractivity contribution is 6.02. The van der Waals surface area contributed by atoms with Crippen LogP contribution >= 0.6 is 0 Å². The summed E-state index contributed by atoms with van der Waals surface area (Å²) in [4.78, 5) is 4.65. The average molecular weight is 275 g/mol. The Bertz CT molecular complexity index is 717. The van der Waals surface area contributed by atoms with E-state index in [2.05, 4.69) is 72.7 Å². The van der Waals surface area contributed by atoms with Crippen LogP contribution in [0.15, 0.2) is 59.6 Å². The van der Waals surface area contributed by atoms with Crippen molar-refractivity contribution in [2.75, 3.05) is 0 Å². The second-order valence-corrected chi connectivity index (χ2v) is 5.46.